The van der Waals surface area contributed by atoms with Crippen molar-refractivity contribution in [2.24, 2.45) is 0 Å². The van der Waals surface area contributed by atoms with Gasteiger partial charge in [0.05, 0.1) is 0 Å². The third-order valence-corrected chi connectivity index (χ3v) is 7.73. The highest BCUT2D eigenvalue weighted by Gasteiger charge is 2.39. The number of aryl methyl sites for hydroxylation is 1. The Balaban J connectivity index is 1.88. The zero-order valence-electron chi connectivity index (χ0n) is 11.8. The smallest absolute Gasteiger partial charge is 0.252 e. The largest absolute Gasteiger partial charge is 0.312 e. The second kappa shape index (κ2) is 5.75. The second-order valence-corrected chi connectivity index (χ2v) is 9.15. The van der Waals surface area contributed by atoms with Crippen LogP contribution in [0, 0.1) is 6.92 Å². The van der Waals surface area contributed by atoms with Gasteiger partial charge in [0.15, 0.2) is 0 Å². The van der Waals surface area contributed by atoms with Crippen LogP contribution in [0.15, 0.2) is 16.3 Å². The molecular weight excluding hydrogens is 292 g/mol. The van der Waals surface area contributed by atoms with E-state index >= 15 is 0 Å². The zero-order chi connectivity index (χ0) is 14.2. The average Bonchev–Trinajstić information content (AvgIpc) is 3.10. The first-order chi connectivity index (χ1) is 9.59. The van der Waals surface area contributed by atoms with Crippen LogP contribution in [-0.4, -0.2) is 37.9 Å². The van der Waals surface area contributed by atoms with Gasteiger partial charge < -0.3 is 5.32 Å². The van der Waals surface area contributed by atoms with Crippen LogP contribution < -0.4 is 5.32 Å². The van der Waals surface area contributed by atoms with Gasteiger partial charge in [0.25, 0.3) is 10.0 Å². The van der Waals surface area contributed by atoms with Crippen molar-refractivity contribution >= 4 is 21.4 Å². The van der Waals surface area contributed by atoms with Crippen molar-refractivity contribution in [3.8, 4) is 0 Å². The Morgan fingerprint density at radius 2 is 2.10 bits per heavy atom. The predicted molar refractivity (Wildman–Crippen MR) is 81.6 cm³/mol. The molecule has 6 heteroatoms. The first kappa shape index (κ1) is 14.5. The van der Waals surface area contributed by atoms with Gasteiger partial charge in [0.1, 0.15) is 4.21 Å². The van der Waals surface area contributed by atoms with Gasteiger partial charge in [-0.15, -0.1) is 11.3 Å². The van der Waals surface area contributed by atoms with Gasteiger partial charge in [-0.2, -0.15) is 4.31 Å². The molecule has 3 rings (SSSR count). The summed E-state index contributed by atoms with van der Waals surface area (Å²) < 4.78 is 28.0. The maximum atomic E-state index is 12.9. The van der Waals surface area contributed by atoms with Crippen LogP contribution in [0.2, 0.25) is 0 Å². The number of nitrogens with zero attached hydrogens (tertiary/aromatic N) is 1. The van der Waals surface area contributed by atoms with Crippen molar-refractivity contribution in [3.05, 3.63) is 17.0 Å². The Morgan fingerprint density at radius 1 is 1.25 bits per heavy atom. The number of thiophene rings is 1. The second-order valence-electron chi connectivity index (χ2n) is 5.75. The molecule has 3 heterocycles. The Hall–Kier alpha value is -0.430. The number of sulfonamides is 1. The first-order valence-corrected chi connectivity index (χ1v) is 9.66. The molecule has 2 fully saturated rings. The maximum absolute atomic E-state index is 12.9. The number of rotatable bonds is 3. The summed E-state index contributed by atoms with van der Waals surface area (Å²) in [5.74, 6) is 0. The lowest BCUT2D eigenvalue weighted by Crippen LogP contribution is -2.52. The van der Waals surface area contributed by atoms with Gasteiger partial charge in [0.2, 0.25) is 0 Å². The Labute approximate surface area is 125 Å². The van der Waals surface area contributed by atoms with E-state index in [0.717, 1.165) is 43.5 Å². The van der Waals surface area contributed by atoms with Crippen LogP contribution in [-0.2, 0) is 10.0 Å². The molecule has 0 amide bonds. The molecule has 0 aromatic carbocycles. The van der Waals surface area contributed by atoms with Crippen LogP contribution in [0.25, 0.3) is 0 Å². The average molecular weight is 314 g/mol. The topological polar surface area (TPSA) is 49.4 Å². The van der Waals surface area contributed by atoms with Crippen LogP contribution in [0.1, 0.15) is 37.0 Å². The molecule has 0 spiro atoms. The monoisotopic (exact) mass is 314 g/mol. The molecule has 2 aliphatic heterocycles. The zero-order valence-corrected chi connectivity index (χ0v) is 13.5. The van der Waals surface area contributed by atoms with Crippen LogP contribution in [0.4, 0.5) is 0 Å². The highest BCUT2D eigenvalue weighted by molar-refractivity contribution is 7.91. The quantitative estimate of drug-likeness (QED) is 0.932. The SMILES string of the molecule is Cc1ccc(S(=O)(=O)N2CCCCC2C2CCCN2)s1. The van der Waals surface area contributed by atoms with Crippen molar-refractivity contribution in [1.82, 2.24) is 9.62 Å². The van der Waals surface area contributed by atoms with Gasteiger partial charge >= 0.3 is 0 Å². The number of hydrogen-bond acceptors (Lipinski definition) is 4. The third-order valence-electron chi connectivity index (χ3n) is 4.34. The van der Waals surface area contributed by atoms with Crippen molar-refractivity contribution < 1.29 is 8.42 Å². The normalized spacial score (nSPS) is 28.9. The molecule has 4 nitrogen and oxygen atoms in total. The minimum Gasteiger partial charge on any atom is -0.312 e. The van der Waals surface area contributed by atoms with E-state index in [2.05, 4.69) is 5.32 Å². The molecule has 1 N–H and O–H groups in total. The number of hydrogen-bond donors (Lipinski definition) is 1. The summed E-state index contributed by atoms with van der Waals surface area (Å²) in [6, 6.07) is 4.12. The van der Waals surface area contributed by atoms with Gasteiger partial charge in [-0.3, -0.25) is 0 Å². The standard InChI is InChI=1S/C14H22N2O2S2/c1-11-7-8-14(19-11)20(17,18)16-10-3-2-6-13(16)12-5-4-9-15-12/h7-8,12-13,15H,2-6,9-10H2,1H3. The first-order valence-electron chi connectivity index (χ1n) is 7.41. The van der Waals surface area contributed by atoms with E-state index in [1.54, 1.807) is 10.4 Å². The van der Waals surface area contributed by atoms with Crippen molar-refractivity contribution in [2.45, 2.75) is 55.3 Å². The molecule has 2 aliphatic rings. The fraction of sp³-hybridized carbons (Fsp3) is 0.714. The lowest BCUT2D eigenvalue weighted by Gasteiger charge is -2.37. The molecule has 0 radical (unpaired) electrons. The highest BCUT2D eigenvalue weighted by atomic mass is 32.2. The fourth-order valence-corrected chi connectivity index (χ4v) is 6.48. The molecule has 1 aromatic heterocycles. The molecule has 1 aromatic rings. The Bertz CT molecular complexity index is 561. The van der Waals surface area contributed by atoms with Crippen molar-refractivity contribution in [2.75, 3.05) is 13.1 Å². The van der Waals surface area contributed by atoms with E-state index in [1.165, 1.54) is 11.3 Å². The van der Waals surface area contributed by atoms with Crippen LogP contribution in [0.5, 0.6) is 0 Å². The van der Waals surface area contributed by atoms with Gasteiger partial charge in [-0.25, -0.2) is 8.42 Å². The number of nitrogens with one attached hydrogen (secondary N) is 1. The van der Waals surface area contributed by atoms with Crippen molar-refractivity contribution in [1.29, 1.82) is 0 Å². The fourth-order valence-electron chi connectivity index (χ4n) is 3.34. The molecule has 0 bridgehead atoms. The Morgan fingerprint density at radius 3 is 2.75 bits per heavy atom. The maximum Gasteiger partial charge on any atom is 0.252 e. The molecule has 2 saturated heterocycles. The lowest BCUT2D eigenvalue weighted by molar-refractivity contribution is 0.211. The minimum atomic E-state index is -3.32. The van der Waals surface area contributed by atoms with Crippen molar-refractivity contribution in [3.63, 3.8) is 0 Å². The van der Waals surface area contributed by atoms with E-state index < -0.39 is 10.0 Å². The number of piperidine rings is 1. The molecule has 0 saturated carbocycles. The molecule has 20 heavy (non-hydrogen) atoms. The lowest BCUT2D eigenvalue weighted by atomic mass is 9.97. The van der Waals surface area contributed by atoms with Crippen LogP contribution in [0.3, 0.4) is 0 Å². The van der Waals surface area contributed by atoms with E-state index in [9.17, 15) is 8.42 Å². The molecule has 2 unspecified atom stereocenters. The predicted octanol–water partition coefficient (Wildman–Crippen LogP) is 2.35. The van der Waals surface area contributed by atoms with Gasteiger partial charge in [-0.05, 0) is 51.3 Å². The molecule has 112 valence electrons. The summed E-state index contributed by atoms with van der Waals surface area (Å²) in [6.45, 7) is 3.64. The Kier molecular flexibility index (Phi) is 4.17. The summed E-state index contributed by atoms with van der Waals surface area (Å²) in [7, 11) is -3.32. The summed E-state index contributed by atoms with van der Waals surface area (Å²) >= 11 is 1.38. The molecule has 2 atom stereocenters. The van der Waals surface area contributed by atoms with Crippen LogP contribution >= 0.6 is 11.3 Å². The van der Waals surface area contributed by atoms with E-state index in [-0.39, 0.29) is 6.04 Å². The summed E-state index contributed by atoms with van der Waals surface area (Å²) in [4.78, 5) is 1.05. The molecule has 0 aliphatic carbocycles. The summed E-state index contributed by atoms with van der Waals surface area (Å²) in [6.07, 6.45) is 5.36. The molecular formula is C14H22N2O2S2. The van der Waals surface area contributed by atoms with Gasteiger partial charge in [0, 0.05) is 23.5 Å². The van der Waals surface area contributed by atoms with E-state index in [4.69, 9.17) is 0 Å². The highest BCUT2D eigenvalue weighted by Crippen LogP contribution is 2.32. The summed E-state index contributed by atoms with van der Waals surface area (Å²) in [5.41, 5.74) is 0. The third kappa shape index (κ3) is 2.66. The minimum absolute atomic E-state index is 0.138. The van der Waals surface area contributed by atoms with Gasteiger partial charge in [-0.1, -0.05) is 6.42 Å². The van der Waals surface area contributed by atoms with E-state index in [1.807, 2.05) is 13.0 Å². The van der Waals surface area contributed by atoms with E-state index in [0.29, 0.717) is 16.8 Å². The summed E-state index contributed by atoms with van der Waals surface area (Å²) in [5, 5.41) is 3.48.